The standard InChI is InChI=1S/C20H26N2O5S/c1-15(17-10-11-18(26-2)19(12-17)27-3)21-20(23)14-22(28(4,24)25)13-16-8-6-5-7-9-16/h5-12,15H,13-14H2,1-4H3,(H,21,23)/t15-/m1/s1. The number of hydrogen-bond acceptors (Lipinski definition) is 5. The summed E-state index contributed by atoms with van der Waals surface area (Å²) in [6.45, 7) is 1.70. The number of carbonyl (C=O) groups is 1. The second-order valence-electron chi connectivity index (χ2n) is 6.42. The van der Waals surface area contributed by atoms with E-state index in [-0.39, 0.29) is 25.0 Å². The number of sulfonamides is 1. The summed E-state index contributed by atoms with van der Waals surface area (Å²) in [6.07, 6.45) is 1.10. The first-order valence-electron chi connectivity index (χ1n) is 8.75. The molecule has 0 fully saturated rings. The van der Waals surface area contributed by atoms with Crippen molar-refractivity contribution < 1.29 is 22.7 Å². The number of rotatable bonds is 9. The summed E-state index contributed by atoms with van der Waals surface area (Å²) in [7, 11) is -0.451. The van der Waals surface area contributed by atoms with Crippen LogP contribution in [0.15, 0.2) is 48.5 Å². The molecule has 0 bridgehead atoms. The fourth-order valence-electron chi connectivity index (χ4n) is 2.73. The molecular weight excluding hydrogens is 380 g/mol. The lowest BCUT2D eigenvalue weighted by molar-refractivity contribution is -0.122. The van der Waals surface area contributed by atoms with Crippen LogP contribution in [0.25, 0.3) is 0 Å². The van der Waals surface area contributed by atoms with Crippen molar-refractivity contribution in [2.75, 3.05) is 27.0 Å². The third-order valence-electron chi connectivity index (χ3n) is 4.28. The van der Waals surface area contributed by atoms with Gasteiger partial charge in [-0.25, -0.2) is 8.42 Å². The molecule has 0 aliphatic heterocycles. The van der Waals surface area contributed by atoms with Crippen LogP contribution in [-0.4, -0.2) is 45.7 Å². The van der Waals surface area contributed by atoms with Crippen LogP contribution in [0.1, 0.15) is 24.1 Å². The van der Waals surface area contributed by atoms with Crippen LogP contribution in [-0.2, 0) is 21.4 Å². The van der Waals surface area contributed by atoms with Gasteiger partial charge in [0.15, 0.2) is 11.5 Å². The van der Waals surface area contributed by atoms with Gasteiger partial charge in [0.2, 0.25) is 15.9 Å². The number of amides is 1. The van der Waals surface area contributed by atoms with Crippen molar-refractivity contribution in [3.05, 3.63) is 59.7 Å². The summed E-state index contributed by atoms with van der Waals surface area (Å²) in [6, 6.07) is 14.2. The minimum Gasteiger partial charge on any atom is -0.493 e. The molecule has 7 nitrogen and oxygen atoms in total. The summed E-state index contributed by atoms with van der Waals surface area (Å²) >= 11 is 0. The fourth-order valence-corrected chi connectivity index (χ4v) is 3.47. The Labute approximate surface area is 166 Å². The predicted octanol–water partition coefficient (Wildman–Crippen LogP) is 2.34. The number of methoxy groups -OCH3 is 2. The molecule has 8 heteroatoms. The van der Waals surface area contributed by atoms with Gasteiger partial charge in [-0.05, 0) is 30.2 Å². The van der Waals surface area contributed by atoms with Gasteiger partial charge in [0.05, 0.1) is 33.1 Å². The monoisotopic (exact) mass is 406 g/mol. The molecule has 2 aromatic carbocycles. The number of ether oxygens (including phenoxy) is 2. The van der Waals surface area contributed by atoms with Gasteiger partial charge in [-0.1, -0.05) is 36.4 Å². The van der Waals surface area contributed by atoms with E-state index in [0.717, 1.165) is 21.7 Å². The molecule has 2 aromatic rings. The largest absolute Gasteiger partial charge is 0.493 e. The van der Waals surface area contributed by atoms with Gasteiger partial charge < -0.3 is 14.8 Å². The zero-order chi connectivity index (χ0) is 20.7. The second-order valence-corrected chi connectivity index (χ2v) is 8.40. The van der Waals surface area contributed by atoms with E-state index in [2.05, 4.69) is 5.32 Å². The zero-order valence-corrected chi connectivity index (χ0v) is 17.3. The number of nitrogens with zero attached hydrogens (tertiary/aromatic N) is 1. The van der Waals surface area contributed by atoms with E-state index in [1.165, 1.54) is 0 Å². The van der Waals surface area contributed by atoms with Crippen molar-refractivity contribution >= 4 is 15.9 Å². The van der Waals surface area contributed by atoms with E-state index >= 15 is 0 Å². The minimum absolute atomic E-state index is 0.137. The first-order valence-corrected chi connectivity index (χ1v) is 10.6. The maximum absolute atomic E-state index is 12.5. The van der Waals surface area contributed by atoms with Gasteiger partial charge in [-0.2, -0.15) is 4.31 Å². The molecule has 0 radical (unpaired) electrons. The smallest absolute Gasteiger partial charge is 0.235 e. The van der Waals surface area contributed by atoms with E-state index < -0.39 is 10.0 Å². The van der Waals surface area contributed by atoms with Crippen molar-refractivity contribution in [1.29, 1.82) is 0 Å². The molecule has 0 aromatic heterocycles. The van der Waals surface area contributed by atoms with Crippen molar-refractivity contribution in [3.8, 4) is 11.5 Å². The molecule has 0 saturated carbocycles. The third kappa shape index (κ3) is 5.97. The highest BCUT2D eigenvalue weighted by molar-refractivity contribution is 7.88. The Kier molecular flexibility index (Phi) is 7.42. The molecule has 0 unspecified atom stereocenters. The number of hydrogen-bond donors (Lipinski definition) is 1. The molecule has 0 aliphatic carbocycles. The molecule has 2 rings (SSSR count). The Morgan fingerprint density at radius 1 is 1.07 bits per heavy atom. The van der Waals surface area contributed by atoms with Gasteiger partial charge in [-0.15, -0.1) is 0 Å². The SMILES string of the molecule is COc1ccc([C@@H](C)NC(=O)CN(Cc2ccccc2)S(C)(=O)=O)cc1OC. The molecular formula is C20H26N2O5S. The van der Waals surface area contributed by atoms with Crippen LogP contribution in [0.3, 0.4) is 0 Å². The summed E-state index contributed by atoms with van der Waals surface area (Å²) in [5.74, 6) is 0.766. The lowest BCUT2D eigenvalue weighted by Gasteiger charge is -2.22. The highest BCUT2D eigenvalue weighted by Gasteiger charge is 2.22. The topological polar surface area (TPSA) is 84.9 Å². The first kappa shape index (κ1) is 21.7. The molecule has 1 N–H and O–H groups in total. The van der Waals surface area contributed by atoms with Crippen molar-refractivity contribution in [3.63, 3.8) is 0 Å². The molecule has 0 spiro atoms. The molecule has 0 heterocycles. The fraction of sp³-hybridized carbons (Fsp3) is 0.350. The maximum Gasteiger partial charge on any atom is 0.235 e. The minimum atomic E-state index is -3.54. The predicted molar refractivity (Wildman–Crippen MR) is 108 cm³/mol. The zero-order valence-electron chi connectivity index (χ0n) is 16.5. The number of benzene rings is 2. The van der Waals surface area contributed by atoms with E-state index in [4.69, 9.17) is 9.47 Å². The average molecular weight is 407 g/mol. The van der Waals surface area contributed by atoms with E-state index in [0.29, 0.717) is 11.5 Å². The van der Waals surface area contributed by atoms with Gasteiger partial charge >= 0.3 is 0 Å². The Balaban J connectivity index is 2.07. The Morgan fingerprint density at radius 2 is 1.71 bits per heavy atom. The average Bonchev–Trinajstić information content (AvgIpc) is 2.66. The highest BCUT2D eigenvalue weighted by Crippen LogP contribution is 2.29. The van der Waals surface area contributed by atoms with Gasteiger partial charge in [0.25, 0.3) is 0 Å². The Bertz CT molecular complexity index is 900. The van der Waals surface area contributed by atoms with Gasteiger partial charge in [-0.3, -0.25) is 4.79 Å². The quantitative estimate of drug-likeness (QED) is 0.691. The molecule has 0 aliphatic rings. The van der Waals surface area contributed by atoms with E-state index in [9.17, 15) is 13.2 Å². The lowest BCUT2D eigenvalue weighted by Crippen LogP contribution is -2.40. The van der Waals surface area contributed by atoms with E-state index in [1.54, 1.807) is 26.4 Å². The maximum atomic E-state index is 12.5. The first-order chi connectivity index (χ1) is 13.2. The van der Waals surface area contributed by atoms with Crippen LogP contribution in [0, 0.1) is 0 Å². The summed E-state index contributed by atoms with van der Waals surface area (Å²) in [4.78, 5) is 12.5. The lowest BCUT2D eigenvalue weighted by atomic mass is 10.1. The van der Waals surface area contributed by atoms with Crippen LogP contribution >= 0.6 is 0 Å². The van der Waals surface area contributed by atoms with Crippen LogP contribution < -0.4 is 14.8 Å². The summed E-state index contributed by atoms with van der Waals surface area (Å²) < 4.78 is 35.8. The van der Waals surface area contributed by atoms with Crippen LogP contribution in [0.4, 0.5) is 0 Å². The highest BCUT2D eigenvalue weighted by atomic mass is 32.2. The summed E-state index contributed by atoms with van der Waals surface area (Å²) in [5, 5.41) is 2.83. The molecule has 28 heavy (non-hydrogen) atoms. The van der Waals surface area contributed by atoms with Crippen LogP contribution in [0.2, 0.25) is 0 Å². The molecule has 1 atom stereocenters. The number of carbonyl (C=O) groups excluding carboxylic acids is 1. The van der Waals surface area contributed by atoms with Crippen molar-refractivity contribution in [2.24, 2.45) is 0 Å². The van der Waals surface area contributed by atoms with Gasteiger partial charge in [0, 0.05) is 6.54 Å². The normalized spacial score (nSPS) is 12.5. The van der Waals surface area contributed by atoms with Crippen LogP contribution in [0.5, 0.6) is 11.5 Å². The third-order valence-corrected chi connectivity index (χ3v) is 5.47. The summed E-state index contributed by atoms with van der Waals surface area (Å²) in [5.41, 5.74) is 1.63. The van der Waals surface area contributed by atoms with E-state index in [1.807, 2.05) is 43.3 Å². The number of nitrogens with one attached hydrogen (secondary N) is 1. The Hall–Kier alpha value is -2.58. The van der Waals surface area contributed by atoms with Crippen molar-refractivity contribution in [1.82, 2.24) is 9.62 Å². The molecule has 152 valence electrons. The van der Waals surface area contributed by atoms with Crippen molar-refractivity contribution in [2.45, 2.75) is 19.5 Å². The second kappa shape index (κ2) is 9.57. The Morgan fingerprint density at radius 3 is 2.29 bits per heavy atom. The molecule has 0 saturated heterocycles. The molecule has 1 amide bonds. The van der Waals surface area contributed by atoms with Gasteiger partial charge in [0.1, 0.15) is 0 Å².